The fourth-order valence-electron chi connectivity index (χ4n) is 2.01. The SMILES string of the molecule is N.NC1CCCC1.O=C(O)C1(C(=O)O)CCC1.[Pt]. The Kier molecular flexibility index (Phi) is 9.51. The molecule has 6 nitrogen and oxygen atoms in total. The Morgan fingerprint density at radius 3 is 1.44 bits per heavy atom. The molecule has 18 heavy (non-hydrogen) atoms. The second-order valence-corrected chi connectivity index (χ2v) is 4.59. The predicted molar refractivity (Wildman–Crippen MR) is 63.0 cm³/mol. The summed E-state index contributed by atoms with van der Waals surface area (Å²) >= 11 is 0. The minimum atomic E-state index is -1.44. The zero-order chi connectivity index (χ0) is 12.2. The van der Waals surface area contributed by atoms with Crippen LogP contribution in [0.5, 0.6) is 0 Å². The molecule has 110 valence electrons. The van der Waals surface area contributed by atoms with Gasteiger partial charge in [0.25, 0.3) is 0 Å². The van der Waals surface area contributed by atoms with Crippen molar-refractivity contribution < 1.29 is 40.9 Å². The topological polar surface area (TPSA) is 136 Å². The van der Waals surface area contributed by atoms with Crippen LogP contribution in [-0.2, 0) is 30.7 Å². The van der Waals surface area contributed by atoms with E-state index in [1.165, 1.54) is 25.7 Å². The molecule has 0 aliphatic heterocycles. The average Bonchev–Trinajstić information content (AvgIpc) is 2.52. The molecule has 2 aliphatic rings. The summed E-state index contributed by atoms with van der Waals surface area (Å²) in [5, 5.41) is 16.9. The van der Waals surface area contributed by atoms with Gasteiger partial charge in [-0.25, -0.2) is 0 Å². The van der Waals surface area contributed by atoms with Crippen LogP contribution in [0.1, 0.15) is 44.9 Å². The van der Waals surface area contributed by atoms with Gasteiger partial charge in [0.1, 0.15) is 0 Å². The zero-order valence-corrected chi connectivity index (χ0v) is 12.6. The van der Waals surface area contributed by atoms with E-state index in [9.17, 15) is 9.59 Å². The molecular formula is C11H22N2O4Pt. The van der Waals surface area contributed by atoms with E-state index >= 15 is 0 Å². The first-order valence-corrected chi connectivity index (χ1v) is 5.71. The second kappa shape index (κ2) is 8.62. The van der Waals surface area contributed by atoms with Crippen molar-refractivity contribution in [2.24, 2.45) is 11.1 Å². The van der Waals surface area contributed by atoms with Gasteiger partial charge < -0.3 is 22.1 Å². The van der Waals surface area contributed by atoms with E-state index in [2.05, 4.69) is 0 Å². The van der Waals surface area contributed by atoms with Crippen molar-refractivity contribution in [3.8, 4) is 0 Å². The van der Waals surface area contributed by atoms with Gasteiger partial charge >= 0.3 is 11.9 Å². The smallest absolute Gasteiger partial charge is 0.321 e. The first-order chi connectivity index (χ1) is 7.49. The van der Waals surface area contributed by atoms with Gasteiger partial charge in [-0.2, -0.15) is 0 Å². The summed E-state index contributed by atoms with van der Waals surface area (Å²) in [6.07, 6.45) is 6.51. The summed E-state index contributed by atoms with van der Waals surface area (Å²) < 4.78 is 0. The van der Waals surface area contributed by atoms with Gasteiger partial charge in [0.05, 0.1) is 0 Å². The minimum Gasteiger partial charge on any atom is -0.480 e. The van der Waals surface area contributed by atoms with Crippen LogP contribution in [0.25, 0.3) is 0 Å². The van der Waals surface area contributed by atoms with Crippen LogP contribution in [0, 0.1) is 5.41 Å². The van der Waals surface area contributed by atoms with E-state index in [4.69, 9.17) is 15.9 Å². The Hall–Kier alpha value is -0.452. The minimum absolute atomic E-state index is 0. The van der Waals surface area contributed by atoms with Gasteiger partial charge in [-0.05, 0) is 32.1 Å². The number of nitrogens with two attached hydrogens (primary N) is 1. The largest absolute Gasteiger partial charge is 0.480 e. The number of hydrogen-bond donors (Lipinski definition) is 4. The molecule has 0 bridgehead atoms. The fourth-order valence-corrected chi connectivity index (χ4v) is 2.01. The Balaban J connectivity index is 0. The standard InChI is InChI=1S/C6H8O4.C5H11N.H3N.Pt/c7-4(8)6(5(9)10)2-1-3-6;6-5-3-1-2-4-5;;/h1-3H2,(H,7,8)(H,9,10);5H,1-4,6H2;1H3;. The van der Waals surface area contributed by atoms with Crippen molar-refractivity contribution in [1.82, 2.24) is 6.15 Å². The molecule has 0 aromatic carbocycles. The molecule has 0 aromatic rings. The second-order valence-electron chi connectivity index (χ2n) is 4.59. The summed E-state index contributed by atoms with van der Waals surface area (Å²) in [7, 11) is 0. The Morgan fingerprint density at radius 2 is 1.39 bits per heavy atom. The summed E-state index contributed by atoms with van der Waals surface area (Å²) in [6.45, 7) is 0. The first kappa shape index (κ1) is 19.9. The molecule has 2 aliphatic carbocycles. The van der Waals surface area contributed by atoms with E-state index < -0.39 is 17.4 Å². The van der Waals surface area contributed by atoms with Crippen molar-refractivity contribution in [3.05, 3.63) is 0 Å². The number of aliphatic carboxylic acids is 2. The third-order valence-corrected chi connectivity index (χ3v) is 3.43. The maximum absolute atomic E-state index is 10.4. The molecule has 2 rings (SSSR count). The fraction of sp³-hybridized carbons (Fsp3) is 0.818. The summed E-state index contributed by atoms with van der Waals surface area (Å²) in [5.41, 5.74) is 4.09. The molecule has 0 saturated heterocycles. The molecule has 0 heterocycles. The molecule has 7 N–H and O–H groups in total. The van der Waals surface area contributed by atoms with Crippen molar-refractivity contribution in [3.63, 3.8) is 0 Å². The summed E-state index contributed by atoms with van der Waals surface area (Å²) in [5.74, 6) is -2.41. The van der Waals surface area contributed by atoms with E-state index in [-0.39, 0.29) is 40.1 Å². The summed E-state index contributed by atoms with van der Waals surface area (Å²) in [4.78, 5) is 20.7. The van der Waals surface area contributed by atoms with Crippen molar-refractivity contribution in [1.29, 1.82) is 0 Å². The van der Waals surface area contributed by atoms with Gasteiger partial charge in [0.15, 0.2) is 5.41 Å². The number of rotatable bonds is 2. The van der Waals surface area contributed by atoms with Gasteiger partial charge in [-0.15, -0.1) is 0 Å². The van der Waals surface area contributed by atoms with Crippen molar-refractivity contribution in [2.75, 3.05) is 0 Å². The number of carboxylic acids is 2. The van der Waals surface area contributed by atoms with Gasteiger partial charge in [-0.3, -0.25) is 9.59 Å². The molecule has 0 unspecified atom stereocenters. The third-order valence-electron chi connectivity index (χ3n) is 3.43. The van der Waals surface area contributed by atoms with Gasteiger partial charge in [0.2, 0.25) is 0 Å². The number of hydrogen-bond acceptors (Lipinski definition) is 4. The van der Waals surface area contributed by atoms with E-state index in [0.29, 0.717) is 12.5 Å². The molecule has 0 aromatic heterocycles. The maximum atomic E-state index is 10.4. The molecule has 2 fully saturated rings. The van der Waals surface area contributed by atoms with E-state index in [0.717, 1.165) is 0 Å². The Morgan fingerprint density at radius 1 is 1.00 bits per heavy atom. The molecule has 0 atom stereocenters. The summed E-state index contributed by atoms with van der Waals surface area (Å²) in [6, 6.07) is 0.546. The van der Waals surface area contributed by atoms with Crippen molar-refractivity contribution in [2.45, 2.75) is 51.0 Å². The normalized spacial score (nSPS) is 20.3. The molecular weight excluding hydrogens is 419 g/mol. The maximum Gasteiger partial charge on any atom is 0.321 e. The van der Waals surface area contributed by atoms with Crippen LogP contribution in [-0.4, -0.2) is 28.2 Å². The van der Waals surface area contributed by atoms with E-state index in [1.54, 1.807) is 0 Å². The monoisotopic (exact) mass is 441 g/mol. The third kappa shape index (κ3) is 4.67. The van der Waals surface area contributed by atoms with Crippen LogP contribution in [0.15, 0.2) is 0 Å². The Bertz CT molecular complexity index is 260. The Labute approximate surface area is 121 Å². The van der Waals surface area contributed by atoms with E-state index in [1.807, 2.05) is 0 Å². The number of carboxylic acid groups (broad SMARTS) is 2. The van der Waals surface area contributed by atoms with Gasteiger partial charge in [-0.1, -0.05) is 12.8 Å². The van der Waals surface area contributed by atoms with Crippen molar-refractivity contribution >= 4 is 11.9 Å². The number of carbonyl (C=O) groups is 2. The van der Waals surface area contributed by atoms with Crippen LogP contribution >= 0.6 is 0 Å². The molecule has 7 heteroatoms. The molecule has 0 amide bonds. The molecule has 0 spiro atoms. The van der Waals surface area contributed by atoms with Crippen LogP contribution < -0.4 is 11.9 Å². The van der Waals surface area contributed by atoms with Gasteiger partial charge in [0, 0.05) is 27.1 Å². The average molecular weight is 441 g/mol. The zero-order valence-electron chi connectivity index (χ0n) is 10.3. The molecule has 0 radical (unpaired) electrons. The van der Waals surface area contributed by atoms with Crippen LogP contribution in [0.2, 0.25) is 0 Å². The van der Waals surface area contributed by atoms with Crippen LogP contribution in [0.4, 0.5) is 0 Å². The molecule has 2 saturated carbocycles. The van der Waals surface area contributed by atoms with Crippen LogP contribution in [0.3, 0.4) is 0 Å². The first-order valence-electron chi connectivity index (χ1n) is 5.71. The quantitative estimate of drug-likeness (QED) is 0.478. The predicted octanol–water partition coefficient (Wildman–Crippen LogP) is 1.37.